The Morgan fingerprint density at radius 1 is 1.37 bits per heavy atom. The van der Waals surface area contributed by atoms with Crippen LogP contribution in [0.3, 0.4) is 0 Å². The van der Waals surface area contributed by atoms with Crippen LogP contribution in [0.1, 0.15) is 27.6 Å². The minimum absolute atomic E-state index is 0.292. The number of aromatic amines is 1. The zero-order valence-electron chi connectivity index (χ0n) is 10.8. The molecule has 5 nitrogen and oxygen atoms in total. The molecular weight excluding hydrogens is 244 g/mol. The number of amides is 1. The summed E-state index contributed by atoms with van der Waals surface area (Å²) < 4.78 is 0. The Labute approximate surface area is 110 Å². The smallest absolute Gasteiger partial charge is 0.294 e. The van der Waals surface area contributed by atoms with E-state index in [4.69, 9.17) is 0 Å². The molecule has 2 rings (SSSR count). The Kier molecular flexibility index (Phi) is 3.46. The third kappa shape index (κ3) is 2.27. The molecule has 1 N–H and O–H groups in total. The van der Waals surface area contributed by atoms with Crippen molar-refractivity contribution in [3.8, 4) is 0 Å². The highest BCUT2D eigenvalue weighted by Gasteiger charge is 2.20. The van der Waals surface area contributed by atoms with Gasteiger partial charge in [-0.05, 0) is 25.1 Å². The van der Waals surface area contributed by atoms with Crippen LogP contribution in [0, 0.1) is 0 Å². The molecular formula is C14H14N2O3. The largest absolute Gasteiger partial charge is 0.360 e. The average Bonchev–Trinajstić information content (AvgIpc) is 2.86. The van der Waals surface area contributed by atoms with Crippen LogP contribution >= 0.6 is 0 Å². The molecule has 0 aliphatic heterocycles. The maximum atomic E-state index is 12.0. The zero-order valence-corrected chi connectivity index (χ0v) is 10.8. The highest BCUT2D eigenvalue weighted by atomic mass is 16.2. The number of hydrogen-bond donors (Lipinski definition) is 1. The van der Waals surface area contributed by atoms with E-state index in [2.05, 4.69) is 4.98 Å². The molecule has 1 amide bonds. The van der Waals surface area contributed by atoms with Crippen molar-refractivity contribution >= 4 is 28.9 Å². The lowest BCUT2D eigenvalue weighted by molar-refractivity contribution is -0.125. The quantitative estimate of drug-likeness (QED) is 0.515. The van der Waals surface area contributed by atoms with Gasteiger partial charge in [0.25, 0.3) is 5.91 Å². The van der Waals surface area contributed by atoms with Gasteiger partial charge in [0.15, 0.2) is 6.29 Å². The molecule has 0 aliphatic carbocycles. The second-order valence-electron chi connectivity index (χ2n) is 4.27. The lowest BCUT2D eigenvalue weighted by atomic mass is 10.1. The summed E-state index contributed by atoms with van der Waals surface area (Å²) in [5.74, 6) is -1.12. The monoisotopic (exact) mass is 258 g/mol. The molecule has 5 heteroatoms. The van der Waals surface area contributed by atoms with Gasteiger partial charge in [-0.2, -0.15) is 0 Å². The molecule has 1 aromatic carbocycles. The van der Waals surface area contributed by atoms with E-state index in [0.29, 0.717) is 29.3 Å². The number of aldehydes is 1. The van der Waals surface area contributed by atoms with Gasteiger partial charge >= 0.3 is 0 Å². The van der Waals surface area contributed by atoms with Gasteiger partial charge in [0.2, 0.25) is 5.78 Å². The number of carbonyl (C=O) groups excluding carboxylic acids is 3. The van der Waals surface area contributed by atoms with E-state index in [9.17, 15) is 14.4 Å². The topological polar surface area (TPSA) is 70.2 Å². The van der Waals surface area contributed by atoms with Crippen molar-refractivity contribution in [3.05, 3.63) is 35.5 Å². The number of rotatable bonds is 4. The normalized spacial score (nSPS) is 10.4. The van der Waals surface area contributed by atoms with Crippen molar-refractivity contribution in [1.82, 2.24) is 9.88 Å². The molecule has 1 aromatic heterocycles. The predicted molar refractivity (Wildman–Crippen MR) is 71.3 cm³/mol. The first kappa shape index (κ1) is 13.0. The van der Waals surface area contributed by atoms with Gasteiger partial charge in [-0.15, -0.1) is 0 Å². The minimum atomic E-state index is -0.565. The van der Waals surface area contributed by atoms with Crippen LogP contribution in [-0.4, -0.2) is 41.5 Å². The molecule has 0 aliphatic rings. The number of fused-ring (bicyclic) bond motifs is 1. The zero-order chi connectivity index (χ0) is 14.0. The van der Waals surface area contributed by atoms with Crippen molar-refractivity contribution in [2.24, 2.45) is 0 Å². The van der Waals surface area contributed by atoms with Crippen LogP contribution in [0.4, 0.5) is 0 Å². The molecule has 0 unspecified atom stereocenters. The molecule has 98 valence electrons. The first-order chi connectivity index (χ1) is 9.08. The highest BCUT2D eigenvalue weighted by Crippen LogP contribution is 2.19. The second kappa shape index (κ2) is 5.06. The number of likely N-dealkylation sites (N-methyl/N-ethyl adjacent to an activating group) is 1. The Morgan fingerprint density at radius 3 is 2.74 bits per heavy atom. The van der Waals surface area contributed by atoms with Crippen molar-refractivity contribution in [2.45, 2.75) is 6.92 Å². The predicted octanol–water partition coefficient (Wildman–Crippen LogP) is 1.64. The van der Waals surface area contributed by atoms with E-state index in [-0.39, 0.29) is 0 Å². The fourth-order valence-corrected chi connectivity index (χ4v) is 1.82. The average molecular weight is 258 g/mol. The second-order valence-corrected chi connectivity index (χ2v) is 4.27. The van der Waals surface area contributed by atoms with Gasteiger partial charge in [-0.1, -0.05) is 0 Å². The Hall–Kier alpha value is -2.43. The number of carbonyl (C=O) groups is 3. The number of H-pyrrole nitrogens is 1. The summed E-state index contributed by atoms with van der Waals surface area (Å²) in [6.45, 7) is 2.27. The fourth-order valence-electron chi connectivity index (χ4n) is 1.82. The number of aromatic nitrogens is 1. The first-order valence-electron chi connectivity index (χ1n) is 5.94. The van der Waals surface area contributed by atoms with E-state index in [1.807, 2.05) is 0 Å². The van der Waals surface area contributed by atoms with E-state index in [1.165, 1.54) is 4.90 Å². The highest BCUT2D eigenvalue weighted by molar-refractivity contribution is 6.43. The Balaban J connectivity index is 2.43. The van der Waals surface area contributed by atoms with Gasteiger partial charge in [0.1, 0.15) is 0 Å². The van der Waals surface area contributed by atoms with Crippen molar-refractivity contribution in [1.29, 1.82) is 0 Å². The number of Topliss-reactive ketones (excluding diaryl/α,β-unsaturated/α-hetero) is 1. The molecule has 0 atom stereocenters. The summed E-state index contributed by atoms with van der Waals surface area (Å²) in [6.07, 6.45) is 2.29. The third-order valence-electron chi connectivity index (χ3n) is 3.12. The maximum absolute atomic E-state index is 12.0. The summed E-state index contributed by atoms with van der Waals surface area (Å²) in [5.41, 5.74) is 1.52. The molecule has 0 radical (unpaired) electrons. The molecule has 0 fully saturated rings. The van der Waals surface area contributed by atoms with Crippen LogP contribution in [0.25, 0.3) is 10.9 Å². The molecule has 19 heavy (non-hydrogen) atoms. The van der Waals surface area contributed by atoms with Gasteiger partial charge in [0, 0.05) is 41.8 Å². The first-order valence-corrected chi connectivity index (χ1v) is 5.94. The van der Waals surface area contributed by atoms with E-state index < -0.39 is 11.7 Å². The van der Waals surface area contributed by atoms with Crippen LogP contribution in [0.5, 0.6) is 0 Å². The number of benzene rings is 1. The number of hydrogen-bond acceptors (Lipinski definition) is 3. The molecule has 0 saturated heterocycles. The molecule has 0 bridgehead atoms. The van der Waals surface area contributed by atoms with Gasteiger partial charge in [-0.3, -0.25) is 14.4 Å². The molecule has 2 aromatic rings. The summed E-state index contributed by atoms with van der Waals surface area (Å²) in [6, 6.07) is 4.84. The summed E-state index contributed by atoms with van der Waals surface area (Å²) in [4.78, 5) is 39.0. The van der Waals surface area contributed by atoms with Crippen LogP contribution in [0.2, 0.25) is 0 Å². The number of nitrogens with zero attached hydrogens (tertiary/aromatic N) is 1. The Bertz CT molecular complexity index is 658. The van der Waals surface area contributed by atoms with Crippen LogP contribution < -0.4 is 0 Å². The molecule has 1 heterocycles. The van der Waals surface area contributed by atoms with Crippen molar-refractivity contribution in [2.75, 3.05) is 13.6 Å². The molecule has 0 saturated carbocycles. The minimum Gasteiger partial charge on any atom is -0.360 e. The van der Waals surface area contributed by atoms with E-state index in [0.717, 1.165) is 5.52 Å². The maximum Gasteiger partial charge on any atom is 0.294 e. The van der Waals surface area contributed by atoms with Crippen LogP contribution in [0.15, 0.2) is 24.4 Å². The Morgan fingerprint density at radius 2 is 2.11 bits per heavy atom. The number of nitrogens with one attached hydrogen (secondary N) is 1. The summed E-state index contributed by atoms with van der Waals surface area (Å²) in [7, 11) is 1.58. The molecule has 0 spiro atoms. The van der Waals surface area contributed by atoms with Crippen LogP contribution in [-0.2, 0) is 4.79 Å². The summed E-state index contributed by atoms with van der Waals surface area (Å²) >= 11 is 0. The lowest BCUT2D eigenvalue weighted by Gasteiger charge is -2.13. The lowest BCUT2D eigenvalue weighted by Crippen LogP contribution is -2.33. The van der Waals surface area contributed by atoms with Gasteiger partial charge < -0.3 is 9.88 Å². The van der Waals surface area contributed by atoms with Gasteiger partial charge in [0.05, 0.1) is 0 Å². The fraction of sp³-hybridized carbons (Fsp3) is 0.214. The van der Waals surface area contributed by atoms with Crippen molar-refractivity contribution in [3.63, 3.8) is 0 Å². The van der Waals surface area contributed by atoms with E-state index in [1.54, 1.807) is 38.4 Å². The summed E-state index contributed by atoms with van der Waals surface area (Å²) in [5, 5.41) is 0.646. The standard InChI is InChI=1S/C14H14N2O3/c1-3-16(2)14(19)13(18)9-4-5-12-11(6-9)10(8-17)7-15-12/h4-8,15H,3H2,1-2H3. The van der Waals surface area contributed by atoms with Crippen molar-refractivity contribution < 1.29 is 14.4 Å². The van der Waals surface area contributed by atoms with E-state index >= 15 is 0 Å². The third-order valence-corrected chi connectivity index (χ3v) is 3.12. The SMILES string of the molecule is CCN(C)C(=O)C(=O)c1ccc2[nH]cc(C=O)c2c1. The van der Waals surface area contributed by atoms with Gasteiger partial charge in [-0.25, -0.2) is 0 Å². The number of ketones is 1.